The van der Waals surface area contributed by atoms with E-state index in [-0.39, 0.29) is 11.7 Å². The van der Waals surface area contributed by atoms with E-state index >= 15 is 0 Å². The number of nitrogens with zero attached hydrogens (tertiary/aromatic N) is 3. The standard InChI is InChI=1S/C20H17FN4O2S2/c1-25(2)20-24-19-16(29-20)10-15(28-19)18(26)23-11-12-7-8-22-17(9-12)27-14-5-3-13(21)4-6-14/h3-10H,11H2,1-2H3,(H,23,26). The number of benzene rings is 1. The van der Waals surface area contributed by atoms with Gasteiger partial charge < -0.3 is 15.0 Å². The number of thiophene rings is 1. The lowest BCUT2D eigenvalue weighted by molar-refractivity contribution is 0.0955. The molecule has 9 heteroatoms. The monoisotopic (exact) mass is 428 g/mol. The molecule has 1 aromatic carbocycles. The highest BCUT2D eigenvalue weighted by molar-refractivity contribution is 7.29. The lowest BCUT2D eigenvalue weighted by atomic mass is 10.2. The first kappa shape index (κ1) is 19.3. The van der Waals surface area contributed by atoms with Gasteiger partial charge in [0.05, 0.1) is 9.58 Å². The maximum absolute atomic E-state index is 13.0. The molecule has 0 saturated carbocycles. The number of rotatable bonds is 6. The number of ether oxygens (including phenoxy) is 1. The molecule has 4 aromatic rings. The molecule has 0 radical (unpaired) electrons. The summed E-state index contributed by atoms with van der Waals surface area (Å²) in [6, 6.07) is 11.1. The van der Waals surface area contributed by atoms with Crippen molar-refractivity contribution >= 4 is 43.2 Å². The third-order valence-corrected chi connectivity index (χ3v) is 6.30. The Hall–Kier alpha value is -3.04. The van der Waals surface area contributed by atoms with Crippen molar-refractivity contribution in [2.24, 2.45) is 0 Å². The molecule has 0 fully saturated rings. The number of carbonyl (C=O) groups excluding carboxylic acids is 1. The summed E-state index contributed by atoms with van der Waals surface area (Å²) in [7, 11) is 3.89. The van der Waals surface area contributed by atoms with Crippen molar-refractivity contribution in [3.05, 3.63) is 64.9 Å². The van der Waals surface area contributed by atoms with Crippen LogP contribution in [0.3, 0.4) is 0 Å². The molecular formula is C20H17FN4O2S2. The Morgan fingerprint density at radius 3 is 2.69 bits per heavy atom. The van der Waals surface area contributed by atoms with E-state index in [1.807, 2.05) is 25.1 Å². The molecule has 3 heterocycles. The number of pyridine rings is 1. The first-order valence-electron chi connectivity index (χ1n) is 8.72. The molecule has 29 heavy (non-hydrogen) atoms. The Morgan fingerprint density at radius 1 is 1.17 bits per heavy atom. The second-order valence-electron chi connectivity index (χ2n) is 6.41. The van der Waals surface area contributed by atoms with Gasteiger partial charge >= 0.3 is 0 Å². The lowest BCUT2D eigenvalue weighted by Crippen LogP contribution is -2.21. The summed E-state index contributed by atoms with van der Waals surface area (Å²) in [6.07, 6.45) is 1.61. The number of aromatic nitrogens is 2. The molecule has 0 unspecified atom stereocenters. The average Bonchev–Trinajstić information content (AvgIpc) is 3.28. The van der Waals surface area contributed by atoms with Crippen LogP contribution in [-0.2, 0) is 6.54 Å². The van der Waals surface area contributed by atoms with Gasteiger partial charge in [0.15, 0.2) is 5.13 Å². The number of hydrogen-bond acceptors (Lipinski definition) is 7. The summed E-state index contributed by atoms with van der Waals surface area (Å²) in [4.78, 5) is 24.6. The number of hydrogen-bond donors (Lipinski definition) is 1. The number of amides is 1. The van der Waals surface area contributed by atoms with Crippen LogP contribution in [0, 0.1) is 5.82 Å². The van der Waals surface area contributed by atoms with E-state index in [0.717, 1.165) is 20.2 Å². The van der Waals surface area contributed by atoms with Crippen LogP contribution >= 0.6 is 22.7 Å². The Kier molecular flexibility index (Phi) is 5.41. The van der Waals surface area contributed by atoms with Crippen LogP contribution in [-0.4, -0.2) is 30.0 Å². The fourth-order valence-electron chi connectivity index (χ4n) is 2.54. The maximum Gasteiger partial charge on any atom is 0.261 e. The summed E-state index contributed by atoms with van der Waals surface area (Å²) in [5, 5.41) is 3.83. The quantitative estimate of drug-likeness (QED) is 0.483. The molecule has 4 rings (SSSR count). The Bertz CT molecular complexity index is 1120. The zero-order valence-corrected chi connectivity index (χ0v) is 17.3. The molecule has 0 atom stereocenters. The minimum atomic E-state index is -0.330. The molecule has 1 amide bonds. The first-order valence-corrected chi connectivity index (χ1v) is 10.4. The second kappa shape index (κ2) is 8.14. The average molecular weight is 429 g/mol. The first-order chi connectivity index (χ1) is 14.0. The van der Waals surface area contributed by atoms with Crippen LogP contribution in [0.2, 0.25) is 0 Å². The van der Waals surface area contributed by atoms with Crippen LogP contribution in [0.5, 0.6) is 11.6 Å². The highest BCUT2D eigenvalue weighted by atomic mass is 32.1. The molecule has 6 nitrogen and oxygen atoms in total. The van der Waals surface area contributed by atoms with Crippen LogP contribution in [0.4, 0.5) is 9.52 Å². The van der Waals surface area contributed by atoms with Gasteiger partial charge in [-0.25, -0.2) is 14.4 Å². The summed E-state index contributed by atoms with van der Waals surface area (Å²) >= 11 is 2.94. The normalized spacial score (nSPS) is 10.9. The molecule has 0 aliphatic rings. The van der Waals surface area contributed by atoms with E-state index in [0.29, 0.717) is 23.1 Å². The molecule has 0 saturated heterocycles. The van der Waals surface area contributed by atoms with E-state index in [9.17, 15) is 9.18 Å². The van der Waals surface area contributed by atoms with E-state index in [2.05, 4.69) is 15.3 Å². The van der Waals surface area contributed by atoms with Crippen molar-refractivity contribution in [2.75, 3.05) is 19.0 Å². The molecule has 0 spiro atoms. The van der Waals surface area contributed by atoms with E-state index in [1.54, 1.807) is 29.7 Å². The van der Waals surface area contributed by atoms with Crippen LogP contribution in [0.1, 0.15) is 15.2 Å². The van der Waals surface area contributed by atoms with E-state index in [4.69, 9.17) is 4.74 Å². The zero-order chi connectivity index (χ0) is 20.4. The highest BCUT2D eigenvalue weighted by Gasteiger charge is 2.14. The number of halogens is 1. The molecule has 1 N–H and O–H groups in total. The van der Waals surface area contributed by atoms with Crippen molar-refractivity contribution in [2.45, 2.75) is 6.54 Å². The van der Waals surface area contributed by atoms with Crippen molar-refractivity contribution in [3.63, 3.8) is 0 Å². The molecular weight excluding hydrogens is 411 g/mol. The molecule has 0 aliphatic heterocycles. The fraction of sp³-hybridized carbons (Fsp3) is 0.150. The second-order valence-corrected chi connectivity index (χ2v) is 8.45. The Morgan fingerprint density at radius 2 is 1.97 bits per heavy atom. The Balaban J connectivity index is 1.40. The third-order valence-electron chi connectivity index (χ3n) is 3.97. The van der Waals surface area contributed by atoms with Gasteiger partial charge in [0.25, 0.3) is 5.91 Å². The maximum atomic E-state index is 13.0. The molecule has 3 aromatic heterocycles. The van der Waals surface area contributed by atoms with Gasteiger partial charge in [-0.15, -0.1) is 11.3 Å². The van der Waals surface area contributed by atoms with E-state index in [1.165, 1.54) is 35.6 Å². The minimum absolute atomic E-state index is 0.149. The third kappa shape index (κ3) is 4.52. The minimum Gasteiger partial charge on any atom is -0.439 e. The van der Waals surface area contributed by atoms with Crippen molar-refractivity contribution in [1.29, 1.82) is 0 Å². The van der Waals surface area contributed by atoms with Gasteiger partial charge in [-0.3, -0.25) is 4.79 Å². The van der Waals surface area contributed by atoms with Crippen molar-refractivity contribution < 1.29 is 13.9 Å². The van der Waals surface area contributed by atoms with Gasteiger partial charge in [0, 0.05) is 32.9 Å². The summed E-state index contributed by atoms with van der Waals surface area (Å²) < 4.78 is 19.6. The van der Waals surface area contributed by atoms with Gasteiger partial charge in [-0.1, -0.05) is 11.3 Å². The highest BCUT2D eigenvalue weighted by Crippen LogP contribution is 2.33. The van der Waals surface area contributed by atoms with Crippen LogP contribution < -0.4 is 15.0 Å². The number of thiazole rings is 1. The molecule has 148 valence electrons. The number of nitrogens with one attached hydrogen (secondary N) is 1. The van der Waals surface area contributed by atoms with Gasteiger partial charge in [-0.2, -0.15) is 0 Å². The van der Waals surface area contributed by atoms with Gasteiger partial charge in [0.1, 0.15) is 16.4 Å². The summed E-state index contributed by atoms with van der Waals surface area (Å²) in [6.45, 7) is 0.336. The van der Waals surface area contributed by atoms with Crippen LogP contribution in [0.25, 0.3) is 9.53 Å². The molecule has 0 aliphatic carbocycles. The largest absolute Gasteiger partial charge is 0.439 e. The van der Waals surface area contributed by atoms with Crippen molar-refractivity contribution in [3.8, 4) is 11.6 Å². The number of fused-ring (bicyclic) bond motifs is 1. The summed E-state index contributed by atoms with van der Waals surface area (Å²) in [5.74, 6) is 0.386. The number of anilines is 1. The molecule has 0 bridgehead atoms. The zero-order valence-electron chi connectivity index (χ0n) is 15.7. The summed E-state index contributed by atoms with van der Waals surface area (Å²) in [5.41, 5.74) is 0.844. The van der Waals surface area contributed by atoms with Gasteiger partial charge in [-0.05, 0) is 42.0 Å². The lowest BCUT2D eigenvalue weighted by Gasteiger charge is -2.07. The smallest absolute Gasteiger partial charge is 0.261 e. The van der Waals surface area contributed by atoms with E-state index < -0.39 is 0 Å². The Labute approximate surface area is 174 Å². The predicted molar refractivity (Wildman–Crippen MR) is 114 cm³/mol. The SMILES string of the molecule is CN(C)c1nc2sc(C(=O)NCc3ccnc(Oc4ccc(F)cc4)c3)cc2s1. The topological polar surface area (TPSA) is 67.4 Å². The van der Waals surface area contributed by atoms with Gasteiger partial charge in [0.2, 0.25) is 5.88 Å². The predicted octanol–water partition coefficient (Wildman–Crippen LogP) is 4.68. The van der Waals surface area contributed by atoms with Crippen LogP contribution in [0.15, 0.2) is 48.7 Å². The van der Waals surface area contributed by atoms with Crippen molar-refractivity contribution in [1.82, 2.24) is 15.3 Å². The number of carbonyl (C=O) groups is 1. The fourth-order valence-corrected chi connectivity index (χ4v) is 4.59.